The van der Waals surface area contributed by atoms with Crippen LogP contribution in [0.15, 0.2) is 60.7 Å². The average Bonchev–Trinajstić information content (AvgIpc) is 3.69. The summed E-state index contributed by atoms with van der Waals surface area (Å²) in [5.74, 6) is 3.94. The quantitative estimate of drug-likeness (QED) is 0.0788. The van der Waals surface area contributed by atoms with Gasteiger partial charge in [-0.1, -0.05) is 44.5 Å². The topological polar surface area (TPSA) is 87.5 Å². The predicted molar refractivity (Wildman–Crippen MR) is 217 cm³/mol. The molecule has 10 nitrogen and oxygen atoms in total. The Labute approximate surface area is 323 Å². The van der Waals surface area contributed by atoms with Gasteiger partial charge in [-0.2, -0.15) is 0 Å². The van der Waals surface area contributed by atoms with E-state index in [2.05, 4.69) is 46.5 Å². The Morgan fingerprint density at radius 2 is 1.54 bits per heavy atom. The molecule has 0 spiro atoms. The summed E-state index contributed by atoms with van der Waals surface area (Å²) in [6.45, 7) is 15.3. The van der Waals surface area contributed by atoms with Crippen molar-refractivity contribution in [1.82, 2.24) is 19.4 Å². The fourth-order valence-electron chi connectivity index (χ4n) is 7.44. The van der Waals surface area contributed by atoms with E-state index in [-0.39, 0.29) is 11.3 Å². The van der Waals surface area contributed by atoms with Crippen molar-refractivity contribution in [3.8, 4) is 23.0 Å². The Morgan fingerprint density at radius 1 is 0.815 bits per heavy atom. The van der Waals surface area contributed by atoms with Crippen LogP contribution >= 0.6 is 0 Å². The molecule has 2 heterocycles. The van der Waals surface area contributed by atoms with Gasteiger partial charge in [-0.3, -0.25) is 4.79 Å². The zero-order chi connectivity index (χ0) is 38.9. The number of carbonyl (C=O) groups excluding carboxylic acids is 1. The number of para-hydroxylation sites is 2. The Morgan fingerprint density at radius 3 is 2.17 bits per heavy atom. The molecule has 5 rings (SSSR count). The molecule has 0 aliphatic carbocycles. The molecule has 296 valence electrons. The number of benzene rings is 3. The number of carbonyl (C=O) groups is 1. The second-order valence-corrected chi connectivity index (χ2v) is 14.1. The van der Waals surface area contributed by atoms with Gasteiger partial charge in [0.15, 0.2) is 11.5 Å². The number of unbranched alkanes of at least 4 members (excludes halogenated alkanes) is 1. The third kappa shape index (κ3) is 11.1. The molecule has 1 atom stereocenters. The van der Waals surface area contributed by atoms with Crippen LogP contribution in [0.5, 0.6) is 23.0 Å². The van der Waals surface area contributed by atoms with Crippen LogP contribution in [-0.2, 0) is 29.0 Å². The molecule has 1 aliphatic rings. The standard InChI is InChI=1S/C32H48N2O5.C12H16N2O/c1-7-9-19-33(18-8-2)20-16-32(15-14-25-10-12-27(36-3)13-11-25)17-21-34(31(32)35)24-26-22-28(37-4)30(39-6)29(23-26)38-5;1-3-15-9-8-14-10(2)13-11-6-4-5-7-12(11)14/h10-13,22-23H,7-9,14-21,24H2,1-6H3;4-7H,3,8-9H2,1-2H3. The first-order chi connectivity index (χ1) is 26.3. The molecule has 4 aromatic rings. The van der Waals surface area contributed by atoms with Crippen LogP contribution in [0.3, 0.4) is 0 Å². The number of rotatable bonds is 21. The smallest absolute Gasteiger partial charge is 0.229 e. The number of nitrogens with zero attached hydrogens (tertiary/aromatic N) is 4. The van der Waals surface area contributed by atoms with Crippen molar-refractivity contribution in [2.45, 2.75) is 85.7 Å². The number of likely N-dealkylation sites (tertiary alicyclic amines) is 1. The number of fused-ring (bicyclic) bond motifs is 1. The number of hydrogen-bond donors (Lipinski definition) is 0. The molecule has 0 N–H and O–H groups in total. The van der Waals surface area contributed by atoms with Crippen molar-refractivity contribution in [3.63, 3.8) is 0 Å². The van der Waals surface area contributed by atoms with Crippen LogP contribution in [0.2, 0.25) is 0 Å². The minimum atomic E-state index is -0.362. The van der Waals surface area contributed by atoms with Crippen molar-refractivity contribution >= 4 is 16.9 Å². The molecule has 10 heteroatoms. The molecule has 54 heavy (non-hydrogen) atoms. The molecule has 3 aromatic carbocycles. The van der Waals surface area contributed by atoms with Gasteiger partial charge >= 0.3 is 0 Å². The second kappa shape index (κ2) is 21.6. The summed E-state index contributed by atoms with van der Waals surface area (Å²) in [6, 6.07) is 20.3. The fourth-order valence-corrected chi connectivity index (χ4v) is 7.44. The van der Waals surface area contributed by atoms with Gasteiger partial charge < -0.3 is 38.1 Å². The van der Waals surface area contributed by atoms with E-state index in [1.54, 1.807) is 28.4 Å². The molecule has 0 radical (unpaired) electrons. The van der Waals surface area contributed by atoms with Gasteiger partial charge in [0.1, 0.15) is 11.6 Å². The zero-order valence-electron chi connectivity index (χ0n) is 34.1. The van der Waals surface area contributed by atoms with E-state index >= 15 is 0 Å². The Kier molecular flexibility index (Phi) is 17.0. The van der Waals surface area contributed by atoms with Gasteiger partial charge in [-0.05, 0) is 120 Å². The minimum Gasteiger partial charge on any atom is -0.497 e. The summed E-state index contributed by atoms with van der Waals surface area (Å²) in [5, 5.41) is 0. The Balaban J connectivity index is 0.000000358. The van der Waals surface area contributed by atoms with E-state index in [4.69, 9.17) is 23.7 Å². The first kappa shape index (κ1) is 42.5. The van der Waals surface area contributed by atoms with Crippen molar-refractivity contribution < 1.29 is 28.5 Å². The lowest BCUT2D eigenvalue weighted by Crippen LogP contribution is -2.38. The van der Waals surface area contributed by atoms with E-state index < -0.39 is 0 Å². The minimum absolute atomic E-state index is 0.261. The molecule has 1 fully saturated rings. The van der Waals surface area contributed by atoms with Gasteiger partial charge in [0, 0.05) is 26.2 Å². The highest BCUT2D eigenvalue weighted by Gasteiger charge is 2.46. The average molecular weight is 745 g/mol. The number of amides is 1. The molecule has 1 aliphatic heterocycles. The molecule has 0 saturated carbocycles. The summed E-state index contributed by atoms with van der Waals surface area (Å²) in [7, 11) is 6.52. The summed E-state index contributed by atoms with van der Waals surface area (Å²) >= 11 is 0. The van der Waals surface area contributed by atoms with Gasteiger partial charge in [0.05, 0.1) is 51.5 Å². The van der Waals surface area contributed by atoms with Crippen LogP contribution in [0.25, 0.3) is 11.0 Å². The Bertz CT molecular complexity index is 1700. The third-order valence-corrected chi connectivity index (χ3v) is 10.5. The van der Waals surface area contributed by atoms with Gasteiger partial charge in [0.2, 0.25) is 11.7 Å². The lowest BCUT2D eigenvalue weighted by molar-refractivity contribution is -0.137. The number of aromatic nitrogens is 2. The first-order valence-corrected chi connectivity index (χ1v) is 19.7. The lowest BCUT2D eigenvalue weighted by Gasteiger charge is -2.31. The van der Waals surface area contributed by atoms with Crippen molar-refractivity contribution in [2.75, 3.05) is 67.8 Å². The fraction of sp³-hybridized carbons (Fsp3) is 0.545. The number of aryl methyl sites for hydroxylation is 2. The maximum Gasteiger partial charge on any atom is 0.229 e. The molecule has 0 bridgehead atoms. The zero-order valence-corrected chi connectivity index (χ0v) is 34.1. The largest absolute Gasteiger partial charge is 0.497 e. The highest BCUT2D eigenvalue weighted by atomic mass is 16.5. The van der Waals surface area contributed by atoms with Crippen LogP contribution < -0.4 is 18.9 Å². The summed E-state index contributed by atoms with van der Waals surface area (Å²) in [4.78, 5) is 23.2. The number of methoxy groups -OCH3 is 4. The van der Waals surface area contributed by atoms with Crippen LogP contribution in [0.1, 0.15) is 76.2 Å². The van der Waals surface area contributed by atoms with Crippen molar-refractivity contribution in [1.29, 1.82) is 0 Å². The van der Waals surface area contributed by atoms with E-state index in [0.717, 1.165) is 101 Å². The number of hydrogen-bond acceptors (Lipinski definition) is 8. The maximum absolute atomic E-state index is 14.2. The molecular weight excluding hydrogens is 681 g/mol. The van der Waals surface area contributed by atoms with E-state index in [0.29, 0.717) is 23.8 Å². The monoisotopic (exact) mass is 744 g/mol. The third-order valence-electron chi connectivity index (χ3n) is 10.5. The van der Waals surface area contributed by atoms with Gasteiger partial charge in [0.25, 0.3) is 0 Å². The summed E-state index contributed by atoms with van der Waals surface area (Å²) < 4.78 is 29.5. The normalized spacial score (nSPS) is 15.4. The van der Waals surface area contributed by atoms with Crippen molar-refractivity contribution in [3.05, 3.63) is 77.6 Å². The van der Waals surface area contributed by atoms with Crippen molar-refractivity contribution in [2.24, 2.45) is 5.41 Å². The number of imidazole rings is 1. The summed E-state index contributed by atoms with van der Waals surface area (Å²) in [5.41, 5.74) is 4.10. The predicted octanol–water partition coefficient (Wildman–Crippen LogP) is 8.36. The SMILES string of the molecule is CCCCN(CCC)CCC1(CCc2ccc(OC)cc2)CCN(Cc2cc(OC)c(OC)c(OC)c2)C1=O.CCOCCn1c(C)nc2ccccc21. The molecular formula is C44H64N4O6. The van der Waals surface area contributed by atoms with Crippen LogP contribution in [-0.4, -0.2) is 93.1 Å². The Hall–Kier alpha value is -4.28. The molecule has 1 saturated heterocycles. The lowest BCUT2D eigenvalue weighted by atomic mass is 9.77. The van der Waals surface area contributed by atoms with E-state index in [1.165, 1.54) is 23.9 Å². The molecule has 1 unspecified atom stereocenters. The summed E-state index contributed by atoms with van der Waals surface area (Å²) in [6.07, 6.45) is 6.99. The molecule has 1 amide bonds. The first-order valence-electron chi connectivity index (χ1n) is 19.7. The van der Waals surface area contributed by atoms with E-state index in [1.807, 2.05) is 61.2 Å². The highest BCUT2D eigenvalue weighted by Crippen LogP contribution is 2.43. The molecule has 1 aromatic heterocycles. The van der Waals surface area contributed by atoms with Crippen LogP contribution in [0.4, 0.5) is 0 Å². The van der Waals surface area contributed by atoms with Gasteiger partial charge in [-0.15, -0.1) is 0 Å². The number of ether oxygens (including phenoxy) is 5. The second-order valence-electron chi connectivity index (χ2n) is 14.1. The maximum atomic E-state index is 14.2. The van der Waals surface area contributed by atoms with E-state index in [9.17, 15) is 4.79 Å². The van der Waals surface area contributed by atoms with Gasteiger partial charge in [-0.25, -0.2) is 4.98 Å². The highest BCUT2D eigenvalue weighted by molar-refractivity contribution is 5.85. The van der Waals surface area contributed by atoms with Crippen LogP contribution in [0, 0.1) is 12.3 Å².